The van der Waals surface area contributed by atoms with E-state index in [-0.39, 0.29) is 6.61 Å². The molecule has 2 rings (SSSR count). The summed E-state index contributed by atoms with van der Waals surface area (Å²) in [6.45, 7) is 1.65. The molecular formula is C7H10N2O2. The first-order valence-corrected chi connectivity index (χ1v) is 3.70. The number of aryl methyl sites for hydroxylation is 1. The Balaban J connectivity index is 2.32. The van der Waals surface area contributed by atoms with Crippen molar-refractivity contribution in [3.05, 3.63) is 11.8 Å². The van der Waals surface area contributed by atoms with Crippen LogP contribution in [0, 0.1) is 0 Å². The SMILES string of the molecule is OCc1cc2n(n1)CCCO2. The van der Waals surface area contributed by atoms with Gasteiger partial charge >= 0.3 is 0 Å². The molecule has 0 atom stereocenters. The molecule has 0 saturated carbocycles. The lowest BCUT2D eigenvalue weighted by atomic mass is 10.4. The molecule has 2 heterocycles. The fourth-order valence-corrected chi connectivity index (χ4v) is 1.19. The molecule has 4 nitrogen and oxygen atoms in total. The average Bonchev–Trinajstić information content (AvgIpc) is 2.46. The molecule has 0 saturated heterocycles. The van der Waals surface area contributed by atoms with Gasteiger partial charge in [-0.3, -0.25) is 0 Å². The van der Waals surface area contributed by atoms with Crippen molar-refractivity contribution in [2.24, 2.45) is 0 Å². The first kappa shape index (κ1) is 6.67. The smallest absolute Gasteiger partial charge is 0.212 e. The first-order chi connectivity index (χ1) is 5.40. The van der Waals surface area contributed by atoms with Crippen LogP contribution in [-0.4, -0.2) is 21.5 Å². The van der Waals surface area contributed by atoms with Gasteiger partial charge in [-0.15, -0.1) is 0 Å². The molecule has 60 valence electrons. The van der Waals surface area contributed by atoms with Crippen LogP contribution in [0.2, 0.25) is 0 Å². The third-order valence-corrected chi connectivity index (χ3v) is 1.72. The highest BCUT2D eigenvalue weighted by Crippen LogP contribution is 2.17. The molecular weight excluding hydrogens is 144 g/mol. The molecule has 0 unspecified atom stereocenters. The Bertz CT molecular complexity index is 233. The van der Waals surface area contributed by atoms with E-state index in [9.17, 15) is 0 Å². The summed E-state index contributed by atoms with van der Waals surface area (Å²) < 4.78 is 7.08. The van der Waals surface area contributed by atoms with Crippen molar-refractivity contribution in [1.29, 1.82) is 0 Å². The van der Waals surface area contributed by atoms with E-state index in [0.717, 1.165) is 25.5 Å². The summed E-state index contributed by atoms with van der Waals surface area (Å²) in [6, 6.07) is 1.78. The van der Waals surface area contributed by atoms with Crippen LogP contribution in [0.15, 0.2) is 6.07 Å². The van der Waals surface area contributed by atoms with Crippen LogP contribution in [-0.2, 0) is 13.2 Å². The molecule has 1 aliphatic rings. The molecule has 4 heteroatoms. The molecule has 0 aromatic carbocycles. The predicted molar refractivity (Wildman–Crippen MR) is 38.3 cm³/mol. The second-order valence-corrected chi connectivity index (χ2v) is 2.56. The highest BCUT2D eigenvalue weighted by Gasteiger charge is 2.11. The minimum absolute atomic E-state index is 0.0106. The number of ether oxygens (including phenoxy) is 1. The normalized spacial score (nSPS) is 15.7. The quantitative estimate of drug-likeness (QED) is 0.626. The third kappa shape index (κ3) is 1.09. The largest absolute Gasteiger partial charge is 0.478 e. The van der Waals surface area contributed by atoms with Gasteiger partial charge in [0.2, 0.25) is 5.88 Å². The van der Waals surface area contributed by atoms with Crippen LogP contribution < -0.4 is 4.74 Å². The number of aliphatic hydroxyl groups is 1. The van der Waals surface area contributed by atoms with Gasteiger partial charge in [-0.25, -0.2) is 4.68 Å². The molecule has 0 amide bonds. The Hall–Kier alpha value is -1.03. The zero-order valence-corrected chi connectivity index (χ0v) is 6.16. The summed E-state index contributed by atoms with van der Waals surface area (Å²) in [7, 11) is 0. The number of hydrogen-bond donors (Lipinski definition) is 1. The summed E-state index contributed by atoms with van der Waals surface area (Å²) in [5.41, 5.74) is 0.682. The number of rotatable bonds is 1. The molecule has 1 N–H and O–H groups in total. The molecule has 1 aliphatic heterocycles. The van der Waals surface area contributed by atoms with E-state index in [1.807, 2.05) is 0 Å². The summed E-state index contributed by atoms with van der Waals surface area (Å²) in [5.74, 6) is 0.778. The van der Waals surface area contributed by atoms with E-state index in [0.29, 0.717) is 5.69 Å². The lowest BCUT2D eigenvalue weighted by Gasteiger charge is -2.13. The monoisotopic (exact) mass is 154 g/mol. The Labute approximate surface area is 64.4 Å². The predicted octanol–water partition coefficient (Wildman–Crippen LogP) is 0.158. The Morgan fingerprint density at radius 3 is 3.36 bits per heavy atom. The van der Waals surface area contributed by atoms with Crippen molar-refractivity contribution in [1.82, 2.24) is 9.78 Å². The molecule has 0 radical (unpaired) electrons. The van der Waals surface area contributed by atoms with Gasteiger partial charge in [-0.2, -0.15) is 5.10 Å². The van der Waals surface area contributed by atoms with Crippen molar-refractivity contribution < 1.29 is 9.84 Å². The molecule has 1 aromatic rings. The summed E-state index contributed by atoms with van der Waals surface area (Å²) in [5, 5.41) is 12.9. The van der Waals surface area contributed by atoms with E-state index in [2.05, 4.69) is 5.10 Å². The molecule has 0 fully saturated rings. The van der Waals surface area contributed by atoms with Crippen LogP contribution in [0.1, 0.15) is 12.1 Å². The lowest BCUT2D eigenvalue weighted by molar-refractivity contribution is 0.229. The van der Waals surface area contributed by atoms with Gasteiger partial charge in [0.05, 0.1) is 18.9 Å². The Morgan fingerprint density at radius 1 is 1.73 bits per heavy atom. The molecule has 0 spiro atoms. The second-order valence-electron chi connectivity index (χ2n) is 2.56. The number of nitrogens with zero attached hydrogens (tertiary/aromatic N) is 2. The number of fused-ring (bicyclic) bond motifs is 1. The minimum Gasteiger partial charge on any atom is -0.478 e. The Kier molecular flexibility index (Phi) is 1.54. The number of aliphatic hydroxyl groups excluding tert-OH is 1. The van der Waals surface area contributed by atoms with Crippen LogP contribution in [0.3, 0.4) is 0 Å². The van der Waals surface area contributed by atoms with Crippen molar-refractivity contribution >= 4 is 0 Å². The average molecular weight is 154 g/mol. The summed E-state index contributed by atoms with van der Waals surface area (Å²) in [6.07, 6.45) is 1.000. The Morgan fingerprint density at radius 2 is 2.64 bits per heavy atom. The fraction of sp³-hybridized carbons (Fsp3) is 0.571. The van der Waals surface area contributed by atoms with Crippen molar-refractivity contribution in [2.45, 2.75) is 19.6 Å². The maximum Gasteiger partial charge on any atom is 0.212 e. The molecule has 0 aliphatic carbocycles. The van der Waals surface area contributed by atoms with E-state index < -0.39 is 0 Å². The molecule has 11 heavy (non-hydrogen) atoms. The zero-order valence-electron chi connectivity index (χ0n) is 6.16. The van der Waals surface area contributed by atoms with Crippen molar-refractivity contribution in [2.75, 3.05) is 6.61 Å². The van der Waals surface area contributed by atoms with E-state index in [4.69, 9.17) is 9.84 Å². The van der Waals surface area contributed by atoms with E-state index in [1.54, 1.807) is 10.7 Å². The van der Waals surface area contributed by atoms with Gasteiger partial charge in [0.25, 0.3) is 0 Å². The van der Waals surface area contributed by atoms with Crippen molar-refractivity contribution in [3.8, 4) is 5.88 Å². The minimum atomic E-state index is -0.0106. The lowest BCUT2D eigenvalue weighted by Crippen LogP contribution is -2.14. The number of hydrogen-bond acceptors (Lipinski definition) is 3. The van der Waals surface area contributed by atoms with Crippen LogP contribution in [0.4, 0.5) is 0 Å². The van der Waals surface area contributed by atoms with Gasteiger partial charge in [-0.05, 0) is 0 Å². The topological polar surface area (TPSA) is 47.3 Å². The van der Waals surface area contributed by atoms with Crippen LogP contribution in [0.25, 0.3) is 0 Å². The summed E-state index contributed by atoms with van der Waals surface area (Å²) >= 11 is 0. The van der Waals surface area contributed by atoms with Gasteiger partial charge in [0, 0.05) is 19.0 Å². The first-order valence-electron chi connectivity index (χ1n) is 3.70. The third-order valence-electron chi connectivity index (χ3n) is 1.72. The zero-order chi connectivity index (χ0) is 7.68. The van der Waals surface area contributed by atoms with E-state index >= 15 is 0 Å². The maximum atomic E-state index is 8.76. The number of aromatic nitrogens is 2. The highest BCUT2D eigenvalue weighted by atomic mass is 16.5. The van der Waals surface area contributed by atoms with Crippen LogP contribution in [0.5, 0.6) is 5.88 Å². The molecule has 0 bridgehead atoms. The van der Waals surface area contributed by atoms with Crippen molar-refractivity contribution in [3.63, 3.8) is 0 Å². The fourth-order valence-electron chi connectivity index (χ4n) is 1.19. The maximum absolute atomic E-state index is 8.76. The highest BCUT2D eigenvalue weighted by molar-refractivity contribution is 5.16. The second kappa shape index (κ2) is 2.54. The van der Waals surface area contributed by atoms with E-state index in [1.165, 1.54) is 0 Å². The summed E-state index contributed by atoms with van der Waals surface area (Å²) in [4.78, 5) is 0. The van der Waals surface area contributed by atoms with Gasteiger partial charge in [-0.1, -0.05) is 0 Å². The standard InChI is InChI=1S/C7H10N2O2/c10-5-6-4-7-9(8-6)2-1-3-11-7/h4,10H,1-3,5H2. The van der Waals surface area contributed by atoms with Gasteiger partial charge in [0.15, 0.2) is 0 Å². The van der Waals surface area contributed by atoms with Gasteiger partial charge in [0.1, 0.15) is 0 Å². The van der Waals surface area contributed by atoms with Crippen LogP contribution >= 0.6 is 0 Å². The van der Waals surface area contributed by atoms with Gasteiger partial charge < -0.3 is 9.84 Å². The molecule has 1 aromatic heterocycles.